The predicted molar refractivity (Wildman–Crippen MR) is 143 cm³/mol. The van der Waals surface area contributed by atoms with Crippen LogP contribution in [0, 0.1) is 5.82 Å². The van der Waals surface area contributed by atoms with Gasteiger partial charge in [-0.05, 0) is 54.1 Å². The summed E-state index contributed by atoms with van der Waals surface area (Å²) in [5.41, 5.74) is 1.27. The van der Waals surface area contributed by atoms with Crippen molar-refractivity contribution in [3.63, 3.8) is 0 Å². The highest BCUT2D eigenvalue weighted by atomic mass is 32.2. The number of rotatable bonds is 7. The summed E-state index contributed by atoms with van der Waals surface area (Å²) in [7, 11) is -4.20. The Morgan fingerprint density at radius 2 is 1.45 bits per heavy atom. The molecule has 0 aliphatic carbocycles. The topological polar surface area (TPSA) is 97.9 Å². The van der Waals surface area contributed by atoms with Crippen LogP contribution in [0.25, 0.3) is 0 Å². The summed E-state index contributed by atoms with van der Waals surface area (Å²) >= 11 is 0. The number of halogens is 1. The van der Waals surface area contributed by atoms with Crippen molar-refractivity contribution < 1.29 is 36.6 Å². The van der Waals surface area contributed by atoms with Crippen LogP contribution in [0.2, 0.25) is 0 Å². The lowest BCUT2D eigenvalue weighted by Crippen LogP contribution is -2.51. The first kappa shape index (κ1) is 26.2. The number of sulfonamides is 1. The zero-order chi connectivity index (χ0) is 27.7. The molecule has 3 aromatic carbocycles. The number of hydrogen-bond acceptors (Lipinski definition) is 8. The second-order valence-corrected chi connectivity index (χ2v) is 11.5. The van der Waals surface area contributed by atoms with Crippen molar-refractivity contribution in [2.24, 2.45) is 0 Å². The summed E-state index contributed by atoms with van der Waals surface area (Å²) in [6.07, 6.45) is 0. The molecular formula is C28H28FN3O7S. The molecule has 1 saturated heterocycles. The minimum atomic E-state index is -4.20. The molecule has 210 valence electrons. The number of anilines is 1. The van der Waals surface area contributed by atoms with Gasteiger partial charge in [0.25, 0.3) is 10.0 Å². The molecule has 0 saturated carbocycles. The van der Waals surface area contributed by atoms with Gasteiger partial charge in [-0.1, -0.05) is 6.07 Å². The average Bonchev–Trinajstić information content (AvgIpc) is 3.44. The maximum Gasteiger partial charge on any atom is 0.264 e. The van der Waals surface area contributed by atoms with Crippen LogP contribution in [0.15, 0.2) is 65.6 Å². The molecule has 0 bridgehead atoms. The van der Waals surface area contributed by atoms with Crippen LogP contribution in [0.4, 0.5) is 10.1 Å². The second kappa shape index (κ2) is 10.9. The number of fused-ring (bicyclic) bond motifs is 2. The molecule has 6 rings (SSSR count). The number of benzene rings is 3. The fourth-order valence-corrected chi connectivity index (χ4v) is 6.34. The van der Waals surface area contributed by atoms with Crippen molar-refractivity contribution in [1.29, 1.82) is 0 Å². The molecule has 0 unspecified atom stereocenters. The number of hydrogen-bond donors (Lipinski definition) is 0. The van der Waals surface area contributed by atoms with Gasteiger partial charge in [0.2, 0.25) is 12.7 Å². The normalized spacial score (nSPS) is 16.6. The number of carbonyl (C=O) groups is 1. The van der Waals surface area contributed by atoms with Crippen LogP contribution in [0.5, 0.6) is 23.0 Å². The molecule has 0 radical (unpaired) electrons. The van der Waals surface area contributed by atoms with E-state index < -0.39 is 22.4 Å². The predicted octanol–water partition coefficient (Wildman–Crippen LogP) is 2.87. The minimum Gasteiger partial charge on any atom is -0.486 e. The van der Waals surface area contributed by atoms with E-state index in [0.717, 1.165) is 21.4 Å². The first-order chi connectivity index (χ1) is 19.4. The molecule has 3 aliphatic heterocycles. The van der Waals surface area contributed by atoms with Crippen LogP contribution >= 0.6 is 0 Å². The third kappa shape index (κ3) is 5.36. The van der Waals surface area contributed by atoms with Crippen LogP contribution < -0.4 is 23.3 Å². The number of carbonyl (C=O) groups excluding carboxylic acids is 1. The fourth-order valence-electron chi connectivity index (χ4n) is 4.91. The van der Waals surface area contributed by atoms with Gasteiger partial charge in [-0.25, -0.2) is 12.8 Å². The van der Waals surface area contributed by atoms with E-state index in [1.54, 1.807) is 4.90 Å². The molecule has 1 amide bonds. The van der Waals surface area contributed by atoms with Gasteiger partial charge in [0, 0.05) is 38.8 Å². The smallest absolute Gasteiger partial charge is 0.264 e. The minimum absolute atomic E-state index is 0.0533. The third-order valence-corrected chi connectivity index (χ3v) is 8.83. The summed E-state index contributed by atoms with van der Waals surface area (Å²) in [6.45, 7) is 3.33. The number of ether oxygens (including phenoxy) is 4. The zero-order valence-corrected chi connectivity index (χ0v) is 22.4. The van der Waals surface area contributed by atoms with Crippen molar-refractivity contribution in [2.75, 3.05) is 57.0 Å². The van der Waals surface area contributed by atoms with Gasteiger partial charge in [-0.15, -0.1) is 0 Å². The molecule has 1 fully saturated rings. The fraction of sp³-hybridized carbons (Fsp3) is 0.321. The van der Waals surface area contributed by atoms with Crippen molar-refractivity contribution in [1.82, 2.24) is 9.80 Å². The number of nitrogens with zero attached hydrogens (tertiary/aromatic N) is 3. The van der Waals surface area contributed by atoms with E-state index in [-0.39, 0.29) is 23.3 Å². The van der Waals surface area contributed by atoms with Gasteiger partial charge in [0.15, 0.2) is 23.0 Å². The number of amides is 1. The van der Waals surface area contributed by atoms with E-state index in [9.17, 15) is 17.6 Å². The van der Waals surface area contributed by atoms with E-state index in [4.69, 9.17) is 18.9 Å². The maximum absolute atomic E-state index is 13.8. The van der Waals surface area contributed by atoms with Gasteiger partial charge in [-0.3, -0.25) is 14.0 Å². The highest BCUT2D eigenvalue weighted by Crippen LogP contribution is 2.35. The Balaban J connectivity index is 1.16. The molecule has 0 N–H and O–H groups in total. The van der Waals surface area contributed by atoms with E-state index in [1.165, 1.54) is 42.5 Å². The summed E-state index contributed by atoms with van der Waals surface area (Å²) in [5, 5.41) is 0. The van der Waals surface area contributed by atoms with Gasteiger partial charge < -0.3 is 23.8 Å². The number of piperazine rings is 1. The first-order valence-electron chi connectivity index (χ1n) is 12.9. The molecule has 0 atom stereocenters. The zero-order valence-electron chi connectivity index (χ0n) is 21.6. The maximum atomic E-state index is 13.8. The highest BCUT2D eigenvalue weighted by Gasteiger charge is 2.31. The van der Waals surface area contributed by atoms with Crippen LogP contribution in [0.1, 0.15) is 5.56 Å². The Morgan fingerprint density at radius 3 is 2.23 bits per heavy atom. The lowest BCUT2D eigenvalue weighted by Gasteiger charge is -2.36. The Bertz CT molecular complexity index is 1510. The second-order valence-electron chi connectivity index (χ2n) is 9.64. The van der Waals surface area contributed by atoms with Crippen LogP contribution in [-0.2, 0) is 21.4 Å². The largest absolute Gasteiger partial charge is 0.486 e. The van der Waals surface area contributed by atoms with Crippen molar-refractivity contribution in [2.45, 2.75) is 11.4 Å². The van der Waals surface area contributed by atoms with Crippen LogP contribution in [0.3, 0.4) is 0 Å². The Morgan fingerprint density at radius 1 is 0.800 bits per heavy atom. The summed E-state index contributed by atoms with van der Waals surface area (Å²) in [4.78, 5) is 17.2. The van der Waals surface area contributed by atoms with Gasteiger partial charge in [0.1, 0.15) is 25.6 Å². The summed E-state index contributed by atoms with van der Waals surface area (Å²) in [5.74, 6) is 1.38. The molecule has 12 heteroatoms. The molecule has 3 aliphatic rings. The third-order valence-electron chi connectivity index (χ3n) is 7.06. The molecule has 0 aromatic heterocycles. The first-order valence-corrected chi connectivity index (χ1v) is 14.4. The summed E-state index contributed by atoms with van der Waals surface area (Å²) < 4.78 is 64.2. The van der Waals surface area contributed by atoms with E-state index in [2.05, 4.69) is 4.90 Å². The van der Waals surface area contributed by atoms with Crippen molar-refractivity contribution in [3.05, 3.63) is 72.0 Å². The van der Waals surface area contributed by atoms with E-state index in [1.807, 2.05) is 18.2 Å². The standard InChI is InChI=1S/C28H28FN3O7S/c29-21-2-4-22(5-3-21)32(40(34,35)23-6-8-24-27(16-23)37-14-13-36-24)18-28(33)31-11-9-30(10-12-31)17-20-1-7-25-26(15-20)39-19-38-25/h1-8,15-16H,9-14,17-19H2. The lowest BCUT2D eigenvalue weighted by molar-refractivity contribution is -0.131. The Labute approximate surface area is 231 Å². The highest BCUT2D eigenvalue weighted by molar-refractivity contribution is 7.92. The van der Waals surface area contributed by atoms with Gasteiger partial charge in [-0.2, -0.15) is 0 Å². The molecule has 3 heterocycles. The van der Waals surface area contributed by atoms with E-state index in [0.29, 0.717) is 57.4 Å². The molecule has 10 nitrogen and oxygen atoms in total. The quantitative estimate of drug-likeness (QED) is 0.429. The lowest BCUT2D eigenvalue weighted by atomic mass is 10.1. The van der Waals surface area contributed by atoms with Gasteiger partial charge in [0.05, 0.1) is 10.6 Å². The average molecular weight is 570 g/mol. The monoisotopic (exact) mass is 569 g/mol. The SMILES string of the molecule is O=C(CN(c1ccc(F)cc1)S(=O)(=O)c1ccc2c(c1)OCCO2)N1CCN(Cc2ccc3c(c2)OCO3)CC1. The Hall–Kier alpha value is -4.03. The molecule has 40 heavy (non-hydrogen) atoms. The Kier molecular flexibility index (Phi) is 7.11. The molecule has 0 spiro atoms. The van der Waals surface area contributed by atoms with Crippen molar-refractivity contribution >= 4 is 21.6 Å². The molecular weight excluding hydrogens is 541 g/mol. The van der Waals surface area contributed by atoms with Crippen molar-refractivity contribution in [3.8, 4) is 23.0 Å². The van der Waals surface area contributed by atoms with Crippen LogP contribution in [-0.4, -0.2) is 76.9 Å². The van der Waals surface area contributed by atoms with E-state index >= 15 is 0 Å². The molecule has 3 aromatic rings. The summed E-state index contributed by atoms with van der Waals surface area (Å²) in [6, 6.07) is 15.2. The van der Waals surface area contributed by atoms with Gasteiger partial charge >= 0.3 is 0 Å².